The van der Waals surface area contributed by atoms with Gasteiger partial charge in [-0.25, -0.2) is 0 Å². The first-order valence-electron chi connectivity index (χ1n) is 5.37. The molecule has 0 bridgehead atoms. The lowest BCUT2D eigenvalue weighted by atomic mass is 10.1. The topological polar surface area (TPSA) is 43.4 Å². The zero-order valence-corrected chi connectivity index (χ0v) is 9.74. The fourth-order valence-electron chi connectivity index (χ4n) is 1.66. The van der Waals surface area contributed by atoms with Crippen LogP contribution in [0.1, 0.15) is 25.7 Å². The van der Waals surface area contributed by atoms with Crippen molar-refractivity contribution in [3.8, 4) is 0 Å². The highest BCUT2D eigenvalue weighted by Gasteiger charge is 2.18. The molecule has 2 rings (SSSR count). The number of rotatable bonds is 3. The van der Waals surface area contributed by atoms with Crippen molar-refractivity contribution in [2.45, 2.75) is 30.6 Å². The minimum absolute atomic E-state index is 0.210. The average molecular weight is 238 g/mol. The molecule has 86 valence electrons. The Balaban J connectivity index is 2.18. The lowest BCUT2D eigenvalue weighted by Crippen LogP contribution is -2.07. The Bertz CT molecular complexity index is 474. The lowest BCUT2D eigenvalue weighted by molar-refractivity contribution is 0.375. The zero-order valence-electron chi connectivity index (χ0n) is 8.93. The second-order valence-corrected chi connectivity index (χ2v) is 5.31. The zero-order chi connectivity index (χ0) is 11.4. The lowest BCUT2D eigenvalue weighted by Gasteiger charge is -2.13. The fourth-order valence-corrected chi connectivity index (χ4v) is 2.68. The van der Waals surface area contributed by atoms with E-state index in [2.05, 4.69) is 0 Å². The monoisotopic (exact) mass is 238 g/mol. The third-order valence-corrected chi connectivity index (χ3v) is 3.78. The Morgan fingerprint density at radius 3 is 2.44 bits per heavy atom. The minimum atomic E-state index is -3.63. The van der Waals surface area contributed by atoms with Gasteiger partial charge in [-0.3, -0.25) is 0 Å². The first-order chi connectivity index (χ1) is 7.68. The van der Waals surface area contributed by atoms with Crippen LogP contribution in [0.5, 0.6) is 0 Å². The van der Waals surface area contributed by atoms with Crippen LogP contribution in [0.2, 0.25) is 0 Å². The van der Waals surface area contributed by atoms with Gasteiger partial charge in [0.2, 0.25) is 0 Å². The molecule has 1 aromatic carbocycles. The van der Waals surface area contributed by atoms with Gasteiger partial charge in [0, 0.05) is 6.42 Å². The summed E-state index contributed by atoms with van der Waals surface area (Å²) >= 11 is 0. The normalized spacial score (nSPS) is 16.6. The minimum Gasteiger partial charge on any atom is -0.384 e. The average Bonchev–Trinajstić information content (AvgIpc) is 2.31. The molecule has 4 heteroatoms. The van der Waals surface area contributed by atoms with Crippen molar-refractivity contribution in [3.63, 3.8) is 0 Å². The standard InChI is InChI=1S/C12H14O3S/c13-16(14,12-9-5-2-6-10-12)15-11-7-3-1-4-8-11/h2,5-7,9-10H,1,3-4,8H2. The molecule has 0 N–H and O–H groups in total. The van der Waals surface area contributed by atoms with E-state index in [1.54, 1.807) is 30.3 Å². The Hall–Kier alpha value is -1.29. The molecule has 0 fully saturated rings. The quantitative estimate of drug-likeness (QED) is 0.760. The Labute approximate surface area is 95.9 Å². The summed E-state index contributed by atoms with van der Waals surface area (Å²) in [5.74, 6) is 0.579. The van der Waals surface area contributed by atoms with Gasteiger partial charge in [0.25, 0.3) is 0 Å². The molecule has 1 aliphatic rings. The van der Waals surface area contributed by atoms with E-state index < -0.39 is 10.1 Å². The summed E-state index contributed by atoms with van der Waals surface area (Å²) in [6.45, 7) is 0. The summed E-state index contributed by atoms with van der Waals surface area (Å²) < 4.78 is 28.8. The summed E-state index contributed by atoms with van der Waals surface area (Å²) in [6, 6.07) is 8.23. The maximum atomic E-state index is 11.8. The second kappa shape index (κ2) is 4.70. The van der Waals surface area contributed by atoms with Crippen LogP contribution in [0.25, 0.3) is 0 Å². The SMILES string of the molecule is O=S(=O)(OC1=CCCCC1)c1ccccc1. The molecule has 0 atom stereocenters. The number of hydrogen-bond acceptors (Lipinski definition) is 3. The third-order valence-electron chi connectivity index (χ3n) is 2.50. The van der Waals surface area contributed by atoms with Crippen LogP contribution >= 0.6 is 0 Å². The molecule has 0 saturated heterocycles. The van der Waals surface area contributed by atoms with Gasteiger partial charge >= 0.3 is 10.1 Å². The smallest absolute Gasteiger partial charge is 0.338 e. The van der Waals surface area contributed by atoms with E-state index in [1.165, 1.54) is 0 Å². The van der Waals surface area contributed by atoms with E-state index >= 15 is 0 Å². The molecule has 0 heterocycles. The molecule has 0 aliphatic heterocycles. The van der Waals surface area contributed by atoms with Gasteiger partial charge in [-0.2, -0.15) is 8.42 Å². The highest BCUT2D eigenvalue weighted by atomic mass is 32.2. The largest absolute Gasteiger partial charge is 0.384 e. The van der Waals surface area contributed by atoms with Gasteiger partial charge < -0.3 is 4.18 Å². The van der Waals surface area contributed by atoms with E-state index in [0.29, 0.717) is 12.2 Å². The first kappa shape index (κ1) is 11.2. The van der Waals surface area contributed by atoms with Gasteiger partial charge in [0.15, 0.2) is 0 Å². The highest BCUT2D eigenvalue weighted by molar-refractivity contribution is 7.86. The number of hydrogen-bond donors (Lipinski definition) is 0. The van der Waals surface area contributed by atoms with Gasteiger partial charge in [-0.1, -0.05) is 18.2 Å². The van der Waals surface area contributed by atoms with Crippen LogP contribution in [-0.2, 0) is 14.3 Å². The molecular formula is C12H14O3S. The van der Waals surface area contributed by atoms with Crippen molar-refractivity contribution in [3.05, 3.63) is 42.2 Å². The van der Waals surface area contributed by atoms with Crippen LogP contribution in [0.15, 0.2) is 47.1 Å². The maximum Gasteiger partial charge on any atom is 0.338 e. The Kier molecular flexibility index (Phi) is 3.29. The molecular weight excluding hydrogens is 224 g/mol. The maximum absolute atomic E-state index is 11.8. The summed E-state index contributed by atoms with van der Waals surface area (Å²) in [4.78, 5) is 0.210. The molecule has 1 aliphatic carbocycles. The summed E-state index contributed by atoms with van der Waals surface area (Å²) in [5.41, 5.74) is 0. The molecule has 0 amide bonds. The van der Waals surface area contributed by atoms with Crippen LogP contribution in [0, 0.1) is 0 Å². The molecule has 0 aromatic heterocycles. The van der Waals surface area contributed by atoms with Gasteiger partial charge in [-0.05, 0) is 37.5 Å². The van der Waals surface area contributed by atoms with Gasteiger partial charge in [0.1, 0.15) is 10.7 Å². The number of allylic oxidation sites excluding steroid dienone is 2. The summed E-state index contributed by atoms with van der Waals surface area (Å²) in [5, 5.41) is 0. The molecule has 0 unspecified atom stereocenters. The van der Waals surface area contributed by atoms with E-state index in [0.717, 1.165) is 19.3 Å². The van der Waals surface area contributed by atoms with Crippen LogP contribution in [0.4, 0.5) is 0 Å². The van der Waals surface area contributed by atoms with Crippen LogP contribution in [0.3, 0.4) is 0 Å². The van der Waals surface area contributed by atoms with Crippen molar-refractivity contribution in [2.75, 3.05) is 0 Å². The highest BCUT2D eigenvalue weighted by Crippen LogP contribution is 2.23. The Morgan fingerprint density at radius 1 is 1.06 bits per heavy atom. The predicted octanol–water partition coefficient (Wildman–Crippen LogP) is 2.85. The second-order valence-electron chi connectivity index (χ2n) is 3.77. The summed E-state index contributed by atoms with van der Waals surface area (Å²) in [7, 11) is -3.63. The van der Waals surface area contributed by atoms with Crippen molar-refractivity contribution in [1.29, 1.82) is 0 Å². The molecule has 1 aromatic rings. The van der Waals surface area contributed by atoms with Crippen molar-refractivity contribution < 1.29 is 12.6 Å². The van der Waals surface area contributed by atoms with E-state index in [-0.39, 0.29) is 4.90 Å². The molecule has 0 radical (unpaired) electrons. The van der Waals surface area contributed by atoms with Gasteiger partial charge in [0.05, 0.1) is 0 Å². The van der Waals surface area contributed by atoms with Crippen LogP contribution < -0.4 is 0 Å². The van der Waals surface area contributed by atoms with Gasteiger partial charge in [-0.15, -0.1) is 0 Å². The van der Waals surface area contributed by atoms with Crippen LogP contribution in [-0.4, -0.2) is 8.42 Å². The van der Waals surface area contributed by atoms with E-state index in [1.807, 2.05) is 6.08 Å². The van der Waals surface area contributed by atoms with Crippen molar-refractivity contribution in [1.82, 2.24) is 0 Å². The molecule has 0 spiro atoms. The van der Waals surface area contributed by atoms with Crippen molar-refractivity contribution in [2.24, 2.45) is 0 Å². The number of benzene rings is 1. The Morgan fingerprint density at radius 2 is 1.81 bits per heavy atom. The summed E-state index contributed by atoms with van der Waals surface area (Å²) in [6.07, 6.45) is 5.59. The molecule has 0 saturated carbocycles. The first-order valence-corrected chi connectivity index (χ1v) is 6.78. The fraction of sp³-hybridized carbons (Fsp3) is 0.333. The molecule has 16 heavy (non-hydrogen) atoms. The van der Waals surface area contributed by atoms with Crippen molar-refractivity contribution >= 4 is 10.1 Å². The predicted molar refractivity (Wildman–Crippen MR) is 61.3 cm³/mol. The molecule has 3 nitrogen and oxygen atoms in total. The third kappa shape index (κ3) is 2.64. The van der Waals surface area contributed by atoms with E-state index in [4.69, 9.17) is 4.18 Å². The van der Waals surface area contributed by atoms with E-state index in [9.17, 15) is 8.42 Å².